The number of aliphatic imine (C=N–C) groups is 1. The van der Waals surface area contributed by atoms with Gasteiger partial charge in [0, 0.05) is 11.6 Å². The van der Waals surface area contributed by atoms with Crippen LogP contribution in [0.25, 0.3) is 0 Å². The molecule has 0 N–H and O–H groups in total. The summed E-state index contributed by atoms with van der Waals surface area (Å²) in [5.41, 5.74) is 0.723. The molecule has 23 heavy (non-hydrogen) atoms. The van der Waals surface area contributed by atoms with Crippen molar-refractivity contribution in [2.45, 2.75) is 13.3 Å². The Morgan fingerprint density at radius 3 is 2.57 bits per heavy atom. The first-order valence-corrected chi connectivity index (χ1v) is 7.36. The first-order chi connectivity index (χ1) is 11.1. The maximum Gasteiger partial charge on any atom is 0.150 e. The van der Waals surface area contributed by atoms with Gasteiger partial charge in [0.1, 0.15) is 17.3 Å². The molecule has 0 aliphatic heterocycles. The van der Waals surface area contributed by atoms with Crippen LogP contribution in [0.3, 0.4) is 0 Å². The zero-order valence-corrected chi connectivity index (χ0v) is 13.2. The molecule has 0 aliphatic carbocycles. The number of benzene rings is 2. The van der Waals surface area contributed by atoms with Crippen LogP contribution in [0, 0.1) is 23.5 Å². The molecule has 5 heteroatoms. The lowest BCUT2D eigenvalue weighted by Gasteiger charge is -2.04. The van der Waals surface area contributed by atoms with Crippen molar-refractivity contribution in [2.24, 2.45) is 4.99 Å². The van der Waals surface area contributed by atoms with Crippen molar-refractivity contribution < 1.29 is 13.5 Å². The molecular weight excluding hydrogens is 316 g/mol. The van der Waals surface area contributed by atoms with Gasteiger partial charge in [0.2, 0.25) is 0 Å². The summed E-state index contributed by atoms with van der Waals surface area (Å²) in [6.45, 7) is 2.50. The Hall–Kier alpha value is -2.54. The highest BCUT2D eigenvalue weighted by Gasteiger charge is 2.03. The van der Waals surface area contributed by atoms with E-state index in [2.05, 4.69) is 34.2 Å². The van der Waals surface area contributed by atoms with Gasteiger partial charge in [0.15, 0.2) is 5.82 Å². The molecule has 0 unspecified atom stereocenters. The number of nitrogens with zero attached hydrogens (tertiary/aromatic N) is 1. The van der Waals surface area contributed by atoms with Crippen molar-refractivity contribution >= 4 is 23.1 Å². The Balaban J connectivity index is 2.21. The van der Waals surface area contributed by atoms with Gasteiger partial charge >= 0.3 is 0 Å². The maximum absolute atomic E-state index is 13.9. The van der Waals surface area contributed by atoms with Crippen LogP contribution in [0.5, 0.6) is 5.75 Å². The summed E-state index contributed by atoms with van der Waals surface area (Å²) >= 11 is 4.43. The lowest BCUT2D eigenvalue weighted by atomic mass is 10.1. The molecule has 2 rings (SSSR count). The summed E-state index contributed by atoms with van der Waals surface area (Å²) < 4.78 is 33.0. The van der Waals surface area contributed by atoms with Crippen molar-refractivity contribution in [1.29, 1.82) is 0 Å². The van der Waals surface area contributed by atoms with Crippen LogP contribution >= 0.6 is 12.2 Å². The Bertz CT molecular complexity index is 818. The highest BCUT2D eigenvalue weighted by molar-refractivity contribution is 7.78. The fourth-order valence-electron chi connectivity index (χ4n) is 1.77. The van der Waals surface area contributed by atoms with Gasteiger partial charge in [-0.2, -0.15) is 4.99 Å². The average molecular weight is 329 g/mol. The van der Waals surface area contributed by atoms with Crippen molar-refractivity contribution in [3.8, 4) is 17.6 Å². The summed E-state index contributed by atoms with van der Waals surface area (Å²) in [7, 11) is 0. The molecule has 0 aromatic heterocycles. The average Bonchev–Trinajstić information content (AvgIpc) is 2.54. The van der Waals surface area contributed by atoms with E-state index in [4.69, 9.17) is 4.74 Å². The fourth-order valence-corrected chi connectivity index (χ4v) is 1.87. The van der Waals surface area contributed by atoms with Gasteiger partial charge in [-0.15, -0.1) is 0 Å². The molecule has 0 radical (unpaired) electrons. The summed E-state index contributed by atoms with van der Waals surface area (Å²) in [6, 6.07) is 8.72. The Kier molecular flexibility index (Phi) is 5.99. The van der Waals surface area contributed by atoms with E-state index in [0.717, 1.165) is 6.42 Å². The lowest BCUT2D eigenvalue weighted by molar-refractivity contribution is 0.315. The van der Waals surface area contributed by atoms with Gasteiger partial charge < -0.3 is 4.74 Å². The van der Waals surface area contributed by atoms with Gasteiger partial charge in [0.25, 0.3) is 0 Å². The normalized spacial score (nSPS) is 9.52. The van der Waals surface area contributed by atoms with Gasteiger partial charge in [-0.05, 0) is 49.0 Å². The SMILES string of the molecule is CCCOc1ccc(C#Cc2ccc(N=C=S)c(F)c2)c(F)c1. The zero-order valence-electron chi connectivity index (χ0n) is 12.4. The number of thiocarbonyl (C=S) groups is 1. The first-order valence-electron chi connectivity index (χ1n) is 6.96. The predicted molar refractivity (Wildman–Crippen MR) is 89.3 cm³/mol. The molecule has 0 spiro atoms. The minimum atomic E-state index is -0.557. The molecule has 0 atom stereocenters. The number of isothiocyanates is 1. The quantitative estimate of drug-likeness (QED) is 0.453. The molecule has 2 nitrogen and oxygen atoms in total. The Morgan fingerprint density at radius 1 is 1.09 bits per heavy atom. The van der Waals surface area contributed by atoms with Crippen molar-refractivity contribution in [1.82, 2.24) is 0 Å². The molecule has 2 aromatic carbocycles. The van der Waals surface area contributed by atoms with Gasteiger partial charge in [-0.1, -0.05) is 18.8 Å². The monoisotopic (exact) mass is 329 g/mol. The lowest BCUT2D eigenvalue weighted by Crippen LogP contribution is -1.96. The van der Waals surface area contributed by atoms with E-state index in [0.29, 0.717) is 17.9 Å². The second-order valence-electron chi connectivity index (χ2n) is 4.61. The van der Waals surface area contributed by atoms with E-state index in [-0.39, 0.29) is 11.3 Å². The van der Waals surface area contributed by atoms with Gasteiger partial charge in [-0.25, -0.2) is 8.78 Å². The van der Waals surface area contributed by atoms with Gasteiger partial charge in [0.05, 0.1) is 17.3 Å². The molecule has 116 valence electrons. The summed E-state index contributed by atoms with van der Waals surface area (Å²) in [6.07, 6.45) is 0.845. The number of hydrogen-bond acceptors (Lipinski definition) is 3. The summed E-state index contributed by atoms with van der Waals surface area (Å²) in [5.74, 6) is 4.82. The highest BCUT2D eigenvalue weighted by atomic mass is 32.1. The third-order valence-corrected chi connectivity index (χ3v) is 2.96. The van der Waals surface area contributed by atoms with Gasteiger partial charge in [-0.3, -0.25) is 0 Å². The van der Waals surface area contributed by atoms with Crippen LogP contribution in [0.2, 0.25) is 0 Å². The van der Waals surface area contributed by atoms with Crippen molar-refractivity contribution in [3.63, 3.8) is 0 Å². The smallest absolute Gasteiger partial charge is 0.150 e. The molecular formula is C18H13F2NOS. The first kappa shape index (κ1) is 16.8. The van der Waals surface area contributed by atoms with Crippen LogP contribution in [0.15, 0.2) is 41.4 Å². The van der Waals surface area contributed by atoms with E-state index in [1.807, 2.05) is 6.92 Å². The predicted octanol–water partition coefficient (Wildman–Crippen LogP) is 4.89. The maximum atomic E-state index is 13.9. The molecule has 2 aromatic rings. The summed E-state index contributed by atoms with van der Waals surface area (Å²) in [4.78, 5) is 3.58. The molecule has 0 bridgehead atoms. The van der Waals surface area contributed by atoms with Crippen LogP contribution in [-0.2, 0) is 0 Å². The molecule has 0 amide bonds. The second-order valence-corrected chi connectivity index (χ2v) is 4.79. The Morgan fingerprint density at radius 2 is 1.91 bits per heavy atom. The molecule has 0 heterocycles. The zero-order chi connectivity index (χ0) is 16.7. The molecule has 0 aliphatic rings. The van der Waals surface area contributed by atoms with E-state index in [1.54, 1.807) is 12.1 Å². The third kappa shape index (κ3) is 4.72. The number of hydrogen-bond donors (Lipinski definition) is 0. The molecule has 0 saturated heterocycles. The van der Waals surface area contributed by atoms with E-state index < -0.39 is 11.6 Å². The number of ether oxygens (including phenoxy) is 1. The minimum absolute atomic E-state index is 0.0918. The van der Waals surface area contributed by atoms with Crippen LogP contribution < -0.4 is 4.74 Å². The fraction of sp³-hybridized carbons (Fsp3) is 0.167. The van der Waals surface area contributed by atoms with Crippen molar-refractivity contribution in [2.75, 3.05) is 6.61 Å². The van der Waals surface area contributed by atoms with E-state index in [1.165, 1.54) is 24.3 Å². The van der Waals surface area contributed by atoms with Crippen molar-refractivity contribution in [3.05, 3.63) is 59.2 Å². The van der Waals surface area contributed by atoms with E-state index >= 15 is 0 Å². The number of rotatable bonds is 4. The Labute approximate surface area is 138 Å². The van der Waals surface area contributed by atoms with Crippen LogP contribution in [-0.4, -0.2) is 11.8 Å². The molecule has 0 saturated carbocycles. The van der Waals surface area contributed by atoms with E-state index in [9.17, 15) is 8.78 Å². The van der Waals surface area contributed by atoms with Crippen LogP contribution in [0.4, 0.5) is 14.5 Å². The third-order valence-electron chi connectivity index (χ3n) is 2.87. The highest BCUT2D eigenvalue weighted by Crippen LogP contribution is 2.19. The molecule has 0 fully saturated rings. The standard InChI is InChI=1S/C18H13F2NOS/c1-2-9-22-15-7-6-14(16(19)11-15)5-3-13-4-8-18(21-12-23)17(20)10-13/h4,6-8,10-11H,2,9H2,1H3. The largest absolute Gasteiger partial charge is 0.494 e. The minimum Gasteiger partial charge on any atom is -0.494 e. The second kappa shape index (κ2) is 8.19. The van der Waals surface area contributed by atoms with Crippen LogP contribution in [0.1, 0.15) is 24.5 Å². The number of halogens is 2. The topological polar surface area (TPSA) is 21.6 Å². The summed E-state index contributed by atoms with van der Waals surface area (Å²) in [5, 5.41) is 2.10.